The highest BCUT2D eigenvalue weighted by Gasteiger charge is 2.29. The van der Waals surface area contributed by atoms with Crippen LogP contribution in [0.25, 0.3) is 0 Å². The zero-order chi connectivity index (χ0) is 13.7. The van der Waals surface area contributed by atoms with Crippen LogP contribution in [-0.2, 0) is 14.4 Å². The van der Waals surface area contributed by atoms with Crippen molar-refractivity contribution in [3.63, 3.8) is 0 Å². The van der Waals surface area contributed by atoms with Gasteiger partial charge in [0.2, 0.25) is 11.8 Å². The molecule has 0 radical (unpaired) electrons. The van der Waals surface area contributed by atoms with Crippen LogP contribution in [0.15, 0.2) is 0 Å². The summed E-state index contributed by atoms with van der Waals surface area (Å²) in [6, 6.07) is 0. The lowest BCUT2D eigenvalue weighted by Crippen LogP contribution is -2.45. The van der Waals surface area contributed by atoms with E-state index in [0.717, 1.165) is 30.6 Å². The van der Waals surface area contributed by atoms with Crippen molar-refractivity contribution < 1.29 is 19.5 Å². The lowest BCUT2D eigenvalue weighted by atomic mass is 9.82. The molecule has 0 unspecified atom stereocenters. The predicted octanol–water partition coefficient (Wildman–Crippen LogP) is 0.211. The Bertz CT molecular complexity index is 319. The summed E-state index contributed by atoms with van der Waals surface area (Å²) in [6.07, 6.45) is 3.45. The minimum Gasteiger partial charge on any atom is -0.480 e. The van der Waals surface area contributed by atoms with Gasteiger partial charge in [-0.05, 0) is 31.6 Å². The molecule has 1 fully saturated rings. The number of carboxylic acid groups (broad SMARTS) is 1. The summed E-state index contributed by atoms with van der Waals surface area (Å²) in [7, 11) is 0. The van der Waals surface area contributed by atoms with Gasteiger partial charge in [-0.3, -0.25) is 14.4 Å². The number of nitrogens with two attached hydrogens (primary N) is 1. The summed E-state index contributed by atoms with van der Waals surface area (Å²) >= 11 is 0. The van der Waals surface area contributed by atoms with Crippen LogP contribution in [0, 0.1) is 11.8 Å². The highest BCUT2D eigenvalue weighted by atomic mass is 16.4. The fourth-order valence-corrected chi connectivity index (χ4v) is 2.33. The summed E-state index contributed by atoms with van der Waals surface area (Å²) in [5.41, 5.74) is 5.03. The van der Waals surface area contributed by atoms with E-state index in [2.05, 4.69) is 6.92 Å². The molecule has 3 N–H and O–H groups in total. The van der Waals surface area contributed by atoms with Gasteiger partial charge in [-0.2, -0.15) is 0 Å². The van der Waals surface area contributed by atoms with Gasteiger partial charge >= 0.3 is 5.97 Å². The Kier molecular flexibility index (Phi) is 5.12. The minimum atomic E-state index is -1.13. The Balaban J connectivity index is 2.63. The summed E-state index contributed by atoms with van der Waals surface area (Å²) in [5, 5.41) is 8.74. The van der Waals surface area contributed by atoms with E-state index in [1.54, 1.807) is 0 Å². The molecule has 0 heterocycles. The number of amides is 2. The predicted molar refractivity (Wildman–Crippen MR) is 64.5 cm³/mol. The zero-order valence-electron chi connectivity index (χ0n) is 10.6. The van der Waals surface area contributed by atoms with Gasteiger partial charge < -0.3 is 15.7 Å². The van der Waals surface area contributed by atoms with Gasteiger partial charge in [0.15, 0.2) is 0 Å². The molecule has 1 rings (SSSR count). The van der Waals surface area contributed by atoms with Crippen molar-refractivity contribution in [1.29, 1.82) is 0 Å². The van der Waals surface area contributed by atoms with E-state index in [-0.39, 0.29) is 18.4 Å². The van der Waals surface area contributed by atoms with Gasteiger partial charge in [-0.1, -0.05) is 6.92 Å². The molecule has 0 aliphatic heterocycles. The van der Waals surface area contributed by atoms with Gasteiger partial charge in [0, 0.05) is 5.92 Å². The number of primary amides is 1. The summed E-state index contributed by atoms with van der Waals surface area (Å²) in [6.45, 7) is 1.35. The van der Waals surface area contributed by atoms with Crippen molar-refractivity contribution in [2.24, 2.45) is 17.6 Å². The molecule has 6 heteroatoms. The quantitative estimate of drug-likeness (QED) is 0.734. The molecule has 0 atom stereocenters. The summed E-state index contributed by atoms with van der Waals surface area (Å²) in [4.78, 5) is 34.7. The maximum absolute atomic E-state index is 12.1. The first-order chi connectivity index (χ1) is 8.40. The molecule has 1 aliphatic carbocycles. The molecular weight excluding hydrogens is 236 g/mol. The largest absolute Gasteiger partial charge is 0.480 e. The van der Waals surface area contributed by atoms with E-state index < -0.39 is 18.4 Å². The number of aliphatic carboxylic acids is 1. The molecule has 18 heavy (non-hydrogen) atoms. The van der Waals surface area contributed by atoms with Crippen LogP contribution in [-0.4, -0.2) is 40.9 Å². The van der Waals surface area contributed by atoms with Crippen molar-refractivity contribution in [2.75, 3.05) is 13.1 Å². The third-order valence-corrected chi connectivity index (χ3v) is 3.35. The van der Waals surface area contributed by atoms with Crippen LogP contribution < -0.4 is 5.73 Å². The second-order valence-corrected chi connectivity index (χ2v) is 5.01. The van der Waals surface area contributed by atoms with Crippen LogP contribution in [0.4, 0.5) is 0 Å². The Morgan fingerprint density at radius 1 is 1.17 bits per heavy atom. The highest BCUT2D eigenvalue weighted by molar-refractivity contribution is 5.87. The van der Waals surface area contributed by atoms with E-state index >= 15 is 0 Å². The number of carbonyl (C=O) groups excluding carboxylic acids is 2. The van der Waals surface area contributed by atoms with Gasteiger partial charge in [0.05, 0.1) is 6.54 Å². The lowest BCUT2D eigenvalue weighted by molar-refractivity contribution is -0.148. The molecule has 0 aromatic heterocycles. The molecule has 1 aliphatic rings. The molecule has 2 amide bonds. The van der Waals surface area contributed by atoms with Crippen molar-refractivity contribution >= 4 is 17.8 Å². The van der Waals surface area contributed by atoms with Crippen LogP contribution in [0.2, 0.25) is 0 Å². The van der Waals surface area contributed by atoms with Gasteiger partial charge in [0.1, 0.15) is 6.54 Å². The first-order valence-corrected chi connectivity index (χ1v) is 6.19. The molecule has 102 valence electrons. The number of carboxylic acids is 1. The topological polar surface area (TPSA) is 101 Å². The normalized spacial score (nSPS) is 23.4. The van der Waals surface area contributed by atoms with Crippen LogP contribution in [0.3, 0.4) is 0 Å². The van der Waals surface area contributed by atoms with Crippen molar-refractivity contribution in [1.82, 2.24) is 4.90 Å². The maximum Gasteiger partial charge on any atom is 0.323 e. The molecule has 0 saturated heterocycles. The van der Waals surface area contributed by atoms with Crippen LogP contribution >= 0.6 is 0 Å². The smallest absolute Gasteiger partial charge is 0.323 e. The molecule has 0 bridgehead atoms. The lowest BCUT2D eigenvalue weighted by Gasteiger charge is -2.29. The molecule has 1 saturated carbocycles. The molecule has 0 aromatic carbocycles. The number of nitrogens with zero attached hydrogens (tertiary/aromatic N) is 1. The van der Waals surface area contributed by atoms with Gasteiger partial charge in [-0.25, -0.2) is 0 Å². The Morgan fingerprint density at radius 3 is 2.17 bits per heavy atom. The van der Waals surface area contributed by atoms with Crippen LogP contribution in [0.5, 0.6) is 0 Å². The Morgan fingerprint density at radius 2 is 1.72 bits per heavy atom. The number of hydrogen-bond acceptors (Lipinski definition) is 3. The monoisotopic (exact) mass is 256 g/mol. The average molecular weight is 256 g/mol. The minimum absolute atomic E-state index is 0.167. The zero-order valence-corrected chi connectivity index (χ0v) is 10.6. The number of carbonyl (C=O) groups is 3. The second-order valence-electron chi connectivity index (χ2n) is 5.01. The third-order valence-electron chi connectivity index (χ3n) is 3.35. The van der Waals surface area contributed by atoms with Crippen LogP contribution in [0.1, 0.15) is 32.6 Å². The summed E-state index contributed by atoms with van der Waals surface area (Å²) in [5.74, 6) is -1.64. The fraction of sp³-hybridized carbons (Fsp3) is 0.750. The standard InChI is InChI=1S/C12H20N2O4/c1-8-2-4-9(5-3-8)12(18)14(6-10(13)15)7-11(16)17/h8-9H,2-7H2,1H3,(H2,13,15)(H,16,17). The number of rotatable bonds is 5. The van der Waals surface area contributed by atoms with Crippen molar-refractivity contribution in [3.8, 4) is 0 Å². The number of hydrogen-bond donors (Lipinski definition) is 2. The first-order valence-electron chi connectivity index (χ1n) is 6.19. The van der Waals surface area contributed by atoms with E-state index in [0.29, 0.717) is 5.92 Å². The average Bonchev–Trinajstić information content (AvgIpc) is 2.27. The SMILES string of the molecule is CC1CCC(C(=O)N(CC(N)=O)CC(=O)O)CC1. The first kappa shape index (κ1) is 14.5. The molecular formula is C12H20N2O4. The Labute approximate surface area is 106 Å². The second kappa shape index (κ2) is 6.37. The molecule has 6 nitrogen and oxygen atoms in total. The highest BCUT2D eigenvalue weighted by Crippen LogP contribution is 2.29. The Hall–Kier alpha value is -1.59. The van der Waals surface area contributed by atoms with E-state index in [9.17, 15) is 14.4 Å². The van der Waals surface area contributed by atoms with E-state index in [4.69, 9.17) is 10.8 Å². The molecule has 0 aromatic rings. The molecule has 0 spiro atoms. The summed E-state index contributed by atoms with van der Waals surface area (Å²) < 4.78 is 0. The maximum atomic E-state index is 12.1. The van der Waals surface area contributed by atoms with Crippen molar-refractivity contribution in [2.45, 2.75) is 32.6 Å². The van der Waals surface area contributed by atoms with Crippen molar-refractivity contribution in [3.05, 3.63) is 0 Å². The van der Waals surface area contributed by atoms with E-state index in [1.165, 1.54) is 0 Å². The third kappa shape index (κ3) is 4.35. The van der Waals surface area contributed by atoms with Gasteiger partial charge in [0.25, 0.3) is 0 Å². The van der Waals surface area contributed by atoms with Gasteiger partial charge in [-0.15, -0.1) is 0 Å². The fourth-order valence-electron chi connectivity index (χ4n) is 2.33. The van der Waals surface area contributed by atoms with E-state index in [1.807, 2.05) is 0 Å².